The molecular formula is C9H19N2O2Ta. The second-order valence-corrected chi connectivity index (χ2v) is 9.48. The molecule has 0 spiro atoms. The Kier molecular flexibility index (Phi) is 7.84. The van der Waals surface area contributed by atoms with E-state index in [1.165, 1.54) is 20.3 Å². The second-order valence-electron chi connectivity index (χ2n) is 3.19. The first kappa shape index (κ1) is 13.7. The third-order valence-electron chi connectivity index (χ3n) is 1.57. The van der Waals surface area contributed by atoms with Crippen LogP contribution in [-0.4, -0.2) is 11.8 Å². The van der Waals surface area contributed by atoms with Crippen molar-refractivity contribution in [1.82, 2.24) is 7.44 Å². The van der Waals surface area contributed by atoms with E-state index in [1.54, 1.807) is 0 Å². The van der Waals surface area contributed by atoms with Gasteiger partial charge in [0.2, 0.25) is 0 Å². The molecule has 0 aliphatic rings. The van der Waals surface area contributed by atoms with E-state index in [9.17, 15) is 9.59 Å². The van der Waals surface area contributed by atoms with Crippen molar-refractivity contribution in [3.63, 3.8) is 0 Å². The van der Waals surface area contributed by atoms with Crippen molar-refractivity contribution in [3.05, 3.63) is 0 Å². The van der Waals surface area contributed by atoms with Crippen LogP contribution in [0.2, 0.25) is 4.64 Å². The molecule has 14 heavy (non-hydrogen) atoms. The molecule has 0 unspecified atom stereocenters. The van der Waals surface area contributed by atoms with Gasteiger partial charge in [-0.15, -0.1) is 0 Å². The Hall–Kier alpha value is -0.320. The number of hydrogen-bond donors (Lipinski definition) is 2. The number of amides is 2. The van der Waals surface area contributed by atoms with Crippen LogP contribution in [0, 0.1) is 0 Å². The molecule has 82 valence electrons. The fraction of sp³-hybridized carbons (Fsp3) is 0.778. The minimum absolute atomic E-state index is 0.0203. The Morgan fingerprint density at radius 2 is 1.57 bits per heavy atom. The van der Waals surface area contributed by atoms with Gasteiger partial charge in [-0.2, -0.15) is 0 Å². The summed E-state index contributed by atoms with van der Waals surface area (Å²) in [5.74, 6) is -0.0407. The number of hydrogen-bond acceptors (Lipinski definition) is 2. The van der Waals surface area contributed by atoms with Crippen LogP contribution in [0.5, 0.6) is 0 Å². The van der Waals surface area contributed by atoms with Gasteiger partial charge in [0.15, 0.2) is 0 Å². The summed E-state index contributed by atoms with van der Waals surface area (Å²) >= 11 is -2.22. The molecule has 2 N–H and O–H groups in total. The van der Waals surface area contributed by atoms with Crippen molar-refractivity contribution in [2.24, 2.45) is 0 Å². The zero-order valence-electron chi connectivity index (χ0n) is 9.09. The van der Waals surface area contributed by atoms with Crippen LogP contribution in [0.4, 0.5) is 0 Å². The standard InChI is InChI=1S/C5H11.2C2H5NO.Ta/c1-3-5-4-2;2*1-2(3)4;/h1,3-5H2,2H3;2*1H3,(H2,3,4);/q;;;+2/p-2. The molecule has 0 bridgehead atoms. The summed E-state index contributed by atoms with van der Waals surface area (Å²) < 4.78 is 6.81. The molecule has 0 aliphatic heterocycles. The maximum atomic E-state index is 10.9. The quantitative estimate of drug-likeness (QED) is 0.695. The van der Waals surface area contributed by atoms with E-state index < -0.39 is 19.0 Å². The Balaban J connectivity index is 3.84. The summed E-state index contributed by atoms with van der Waals surface area (Å²) in [4.78, 5) is 21.7. The predicted molar refractivity (Wildman–Crippen MR) is 52.0 cm³/mol. The number of carbonyl (C=O) groups excluding carboxylic acids is 2. The van der Waals surface area contributed by atoms with Gasteiger partial charge < -0.3 is 0 Å². The molecule has 0 fully saturated rings. The summed E-state index contributed by atoms with van der Waals surface area (Å²) in [5.41, 5.74) is 0. The molecule has 0 aromatic carbocycles. The third kappa shape index (κ3) is 8.29. The van der Waals surface area contributed by atoms with Gasteiger partial charge >= 0.3 is 92.5 Å². The van der Waals surface area contributed by atoms with Crippen LogP contribution in [0.1, 0.15) is 40.0 Å². The van der Waals surface area contributed by atoms with Gasteiger partial charge in [0.1, 0.15) is 0 Å². The van der Waals surface area contributed by atoms with E-state index in [4.69, 9.17) is 0 Å². The normalized spacial score (nSPS) is 10.0. The SMILES string of the molecule is CCCC[CH2][Ta]([NH]C(C)=O)[NH]C(C)=O. The van der Waals surface area contributed by atoms with Crippen molar-refractivity contribution in [1.29, 1.82) is 0 Å². The number of rotatable bonds is 6. The maximum absolute atomic E-state index is 10.9. The number of carbonyl (C=O) groups is 2. The molecule has 4 nitrogen and oxygen atoms in total. The molecule has 0 saturated carbocycles. The van der Waals surface area contributed by atoms with Crippen LogP contribution in [0.15, 0.2) is 0 Å². The Labute approximate surface area is 92.6 Å². The molecule has 2 amide bonds. The molecule has 0 heterocycles. The minimum atomic E-state index is -2.22. The molecule has 5 heteroatoms. The Bertz CT molecular complexity index is 181. The van der Waals surface area contributed by atoms with E-state index in [0.717, 1.165) is 17.5 Å². The fourth-order valence-electron chi connectivity index (χ4n) is 1.04. The molecule has 0 saturated heterocycles. The van der Waals surface area contributed by atoms with Gasteiger partial charge in [-0.25, -0.2) is 0 Å². The molecule has 0 aliphatic carbocycles. The average molecular weight is 368 g/mol. The predicted octanol–water partition coefficient (Wildman–Crippen LogP) is 1.32. The van der Waals surface area contributed by atoms with Crippen LogP contribution in [0.25, 0.3) is 0 Å². The van der Waals surface area contributed by atoms with Crippen LogP contribution >= 0.6 is 0 Å². The van der Waals surface area contributed by atoms with Crippen molar-refractivity contribution in [2.75, 3.05) is 0 Å². The van der Waals surface area contributed by atoms with E-state index in [2.05, 4.69) is 14.4 Å². The summed E-state index contributed by atoms with van der Waals surface area (Å²) in [7, 11) is 0. The Morgan fingerprint density at radius 1 is 1.07 bits per heavy atom. The molecular weight excluding hydrogens is 349 g/mol. The summed E-state index contributed by atoms with van der Waals surface area (Å²) in [6.07, 6.45) is 3.44. The average Bonchev–Trinajstić information content (AvgIpc) is 2.02. The van der Waals surface area contributed by atoms with Crippen molar-refractivity contribution in [3.8, 4) is 0 Å². The fourth-order valence-corrected chi connectivity index (χ4v) is 6.71. The van der Waals surface area contributed by atoms with Gasteiger partial charge in [0.25, 0.3) is 0 Å². The van der Waals surface area contributed by atoms with Gasteiger partial charge in [0, 0.05) is 0 Å². The summed E-state index contributed by atoms with van der Waals surface area (Å²) in [6.45, 7) is 5.15. The molecule has 0 aromatic heterocycles. The van der Waals surface area contributed by atoms with E-state index >= 15 is 0 Å². The van der Waals surface area contributed by atoms with E-state index in [1.807, 2.05) is 0 Å². The molecule has 0 radical (unpaired) electrons. The summed E-state index contributed by atoms with van der Waals surface area (Å²) in [5, 5.41) is 0. The van der Waals surface area contributed by atoms with Gasteiger partial charge in [-0.1, -0.05) is 0 Å². The van der Waals surface area contributed by atoms with Gasteiger partial charge in [0.05, 0.1) is 0 Å². The first-order chi connectivity index (χ1) is 6.56. The van der Waals surface area contributed by atoms with Crippen LogP contribution < -0.4 is 7.44 Å². The van der Waals surface area contributed by atoms with E-state index in [-0.39, 0.29) is 11.8 Å². The summed E-state index contributed by atoms with van der Waals surface area (Å²) in [6, 6.07) is 0. The van der Waals surface area contributed by atoms with Gasteiger partial charge in [-0.05, 0) is 0 Å². The monoisotopic (exact) mass is 368 g/mol. The molecule has 0 aromatic rings. The van der Waals surface area contributed by atoms with Crippen molar-refractivity contribution >= 4 is 11.8 Å². The zero-order valence-corrected chi connectivity index (χ0v) is 12.3. The number of unbranched alkanes of at least 4 members (excludes halogenated alkanes) is 2. The second kappa shape index (κ2) is 8.03. The zero-order chi connectivity index (χ0) is 11.0. The van der Waals surface area contributed by atoms with Crippen molar-refractivity contribution in [2.45, 2.75) is 44.7 Å². The van der Waals surface area contributed by atoms with Crippen LogP contribution in [-0.2, 0) is 28.6 Å². The Morgan fingerprint density at radius 3 is 1.93 bits per heavy atom. The van der Waals surface area contributed by atoms with Crippen LogP contribution in [0.3, 0.4) is 0 Å². The number of nitrogens with one attached hydrogen (secondary N) is 2. The van der Waals surface area contributed by atoms with Crippen molar-refractivity contribution < 1.29 is 28.6 Å². The first-order valence-electron chi connectivity index (χ1n) is 4.88. The topological polar surface area (TPSA) is 58.2 Å². The molecule has 0 rings (SSSR count). The van der Waals surface area contributed by atoms with Gasteiger partial charge in [-0.3, -0.25) is 0 Å². The van der Waals surface area contributed by atoms with E-state index in [0.29, 0.717) is 0 Å². The third-order valence-corrected chi connectivity index (χ3v) is 8.51. The molecule has 0 atom stereocenters. The first-order valence-corrected chi connectivity index (χ1v) is 10.4.